The molecule has 0 spiro atoms. The van der Waals surface area contributed by atoms with Crippen molar-refractivity contribution in [3.63, 3.8) is 0 Å². The normalized spacial score (nSPS) is 20.0. The topological polar surface area (TPSA) is 70.8 Å². The van der Waals surface area contributed by atoms with E-state index in [1.165, 1.54) is 18.2 Å². The van der Waals surface area contributed by atoms with Gasteiger partial charge in [0.25, 0.3) is 5.91 Å². The fourth-order valence-electron chi connectivity index (χ4n) is 3.41. The number of carbonyl (C=O) groups is 2. The number of carboxylic acid groups (broad SMARTS) is 1. The van der Waals surface area contributed by atoms with E-state index in [4.69, 9.17) is 4.42 Å². The van der Waals surface area contributed by atoms with Crippen molar-refractivity contribution in [1.29, 1.82) is 0 Å². The monoisotopic (exact) mass is 345 g/mol. The van der Waals surface area contributed by atoms with Gasteiger partial charge in [-0.2, -0.15) is 0 Å². The van der Waals surface area contributed by atoms with Gasteiger partial charge in [-0.1, -0.05) is 19.1 Å². The van der Waals surface area contributed by atoms with Crippen LogP contribution in [0, 0.1) is 5.82 Å². The molecular weight excluding hydrogens is 325 g/mol. The summed E-state index contributed by atoms with van der Waals surface area (Å²) in [5, 5.41) is 9.21. The van der Waals surface area contributed by atoms with Crippen molar-refractivity contribution in [3.8, 4) is 0 Å². The highest BCUT2D eigenvalue weighted by Crippen LogP contribution is 2.33. The number of furan rings is 1. The number of aromatic carboxylic acids is 1. The zero-order valence-corrected chi connectivity index (χ0v) is 14.2. The van der Waals surface area contributed by atoms with Gasteiger partial charge < -0.3 is 14.4 Å². The summed E-state index contributed by atoms with van der Waals surface area (Å²) in [5.74, 6) is -1.21. The Bertz CT molecular complexity index is 796. The van der Waals surface area contributed by atoms with Crippen LogP contribution in [0.1, 0.15) is 58.4 Å². The number of aryl methyl sites for hydroxylation is 1. The second-order valence-electron chi connectivity index (χ2n) is 6.40. The number of carbonyl (C=O) groups excluding carboxylic acids is 1. The highest BCUT2D eigenvalue weighted by Gasteiger charge is 2.35. The first-order valence-electron chi connectivity index (χ1n) is 8.33. The lowest BCUT2D eigenvalue weighted by molar-refractivity contribution is 0.0689. The molecular formula is C19H20FNO4. The molecule has 0 bridgehead atoms. The molecule has 1 aliphatic rings. The highest BCUT2D eigenvalue weighted by molar-refractivity contribution is 5.96. The van der Waals surface area contributed by atoms with Crippen LogP contribution in [0.15, 0.2) is 34.7 Å². The Labute approximate surface area is 145 Å². The Balaban J connectivity index is 1.81. The van der Waals surface area contributed by atoms with Crippen LogP contribution in [-0.2, 0) is 6.42 Å². The molecule has 0 radical (unpaired) electrons. The van der Waals surface area contributed by atoms with Gasteiger partial charge in [0.2, 0.25) is 0 Å². The molecule has 132 valence electrons. The summed E-state index contributed by atoms with van der Waals surface area (Å²) < 4.78 is 18.6. The van der Waals surface area contributed by atoms with E-state index in [9.17, 15) is 19.1 Å². The van der Waals surface area contributed by atoms with Gasteiger partial charge in [0, 0.05) is 31.0 Å². The van der Waals surface area contributed by atoms with Gasteiger partial charge in [0.05, 0.1) is 0 Å². The van der Waals surface area contributed by atoms with Crippen molar-refractivity contribution in [2.24, 2.45) is 0 Å². The van der Waals surface area contributed by atoms with Crippen LogP contribution in [0.3, 0.4) is 0 Å². The Kier molecular flexibility index (Phi) is 4.61. The Morgan fingerprint density at radius 1 is 1.32 bits per heavy atom. The minimum atomic E-state index is -1.10. The van der Waals surface area contributed by atoms with Gasteiger partial charge >= 0.3 is 5.97 Å². The fourth-order valence-corrected chi connectivity index (χ4v) is 3.41. The third-order valence-corrected chi connectivity index (χ3v) is 4.75. The summed E-state index contributed by atoms with van der Waals surface area (Å²) in [6, 6.07) is 7.62. The Morgan fingerprint density at radius 2 is 2.00 bits per heavy atom. The maximum Gasteiger partial charge on any atom is 0.339 e. The molecule has 1 aliphatic heterocycles. The summed E-state index contributed by atoms with van der Waals surface area (Å²) in [4.78, 5) is 25.7. The molecule has 1 N–H and O–H groups in total. The lowest BCUT2D eigenvalue weighted by Crippen LogP contribution is -2.33. The maximum absolute atomic E-state index is 13.1. The Morgan fingerprint density at radius 3 is 2.56 bits per heavy atom. The lowest BCUT2D eigenvalue weighted by atomic mass is 9.97. The summed E-state index contributed by atoms with van der Waals surface area (Å²) in [6.07, 6.45) is 1.17. The average molecular weight is 345 g/mol. The molecule has 1 amide bonds. The number of carboxylic acids is 1. The molecule has 2 atom stereocenters. The highest BCUT2D eigenvalue weighted by atomic mass is 19.1. The van der Waals surface area contributed by atoms with Crippen LogP contribution in [0.4, 0.5) is 4.39 Å². The van der Waals surface area contributed by atoms with Crippen LogP contribution in [-0.4, -0.2) is 34.5 Å². The van der Waals surface area contributed by atoms with Gasteiger partial charge in [0.1, 0.15) is 17.1 Å². The Hall–Kier alpha value is -2.63. The number of hydrogen-bond acceptors (Lipinski definition) is 3. The standard InChI is InChI=1S/C19H20FNO4/c1-3-16-15(19(23)24)9-17(25-16)18(22)21-10-13(8-11(21)2)12-4-6-14(20)7-5-12/h4-7,9,11,13H,3,8,10H2,1-2H3,(H,23,24). The minimum absolute atomic E-state index is 0.00833. The molecule has 1 saturated heterocycles. The molecule has 3 rings (SSSR count). The summed E-state index contributed by atoms with van der Waals surface area (Å²) in [7, 11) is 0. The van der Waals surface area contributed by atoms with Crippen LogP contribution in [0.5, 0.6) is 0 Å². The van der Waals surface area contributed by atoms with Crippen molar-refractivity contribution in [3.05, 3.63) is 58.8 Å². The third-order valence-electron chi connectivity index (χ3n) is 4.75. The van der Waals surface area contributed by atoms with Crippen molar-refractivity contribution in [2.45, 2.75) is 38.6 Å². The predicted molar refractivity (Wildman–Crippen MR) is 89.3 cm³/mol. The lowest BCUT2D eigenvalue weighted by Gasteiger charge is -2.20. The zero-order chi connectivity index (χ0) is 18.1. The van der Waals surface area contributed by atoms with E-state index in [1.54, 1.807) is 24.0 Å². The zero-order valence-electron chi connectivity index (χ0n) is 14.2. The molecule has 2 heterocycles. The van der Waals surface area contributed by atoms with E-state index >= 15 is 0 Å². The van der Waals surface area contributed by atoms with E-state index in [0.717, 1.165) is 12.0 Å². The molecule has 5 nitrogen and oxygen atoms in total. The molecule has 2 aromatic rings. The SMILES string of the molecule is CCc1oc(C(=O)N2CC(c3ccc(F)cc3)CC2C)cc1C(=O)O. The first kappa shape index (κ1) is 17.2. The van der Waals surface area contributed by atoms with Crippen molar-refractivity contribution < 1.29 is 23.5 Å². The number of halogens is 1. The third kappa shape index (κ3) is 3.29. The second kappa shape index (κ2) is 6.70. The summed E-state index contributed by atoms with van der Waals surface area (Å²) in [6.45, 7) is 4.22. The molecule has 2 unspecified atom stereocenters. The van der Waals surface area contributed by atoms with E-state index in [-0.39, 0.29) is 35.0 Å². The fraction of sp³-hybridized carbons (Fsp3) is 0.368. The van der Waals surface area contributed by atoms with Crippen LogP contribution < -0.4 is 0 Å². The smallest absolute Gasteiger partial charge is 0.339 e. The maximum atomic E-state index is 13.1. The van der Waals surface area contributed by atoms with Gasteiger partial charge in [0.15, 0.2) is 5.76 Å². The average Bonchev–Trinajstić information content (AvgIpc) is 3.18. The molecule has 1 aromatic carbocycles. The molecule has 25 heavy (non-hydrogen) atoms. The number of amides is 1. The quantitative estimate of drug-likeness (QED) is 0.917. The number of nitrogens with zero attached hydrogens (tertiary/aromatic N) is 1. The predicted octanol–water partition coefficient (Wildman–Crippen LogP) is 3.70. The van der Waals surface area contributed by atoms with Gasteiger partial charge in [-0.25, -0.2) is 9.18 Å². The number of benzene rings is 1. The van der Waals surface area contributed by atoms with Crippen molar-refractivity contribution >= 4 is 11.9 Å². The second-order valence-corrected chi connectivity index (χ2v) is 6.40. The summed E-state index contributed by atoms with van der Waals surface area (Å²) >= 11 is 0. The molecule has 0 aliphatic carbocycles. The first-order valence-corrected chi connectivity index (χ1v) is 8.33. The first-order chi connectivity index (χ1) is 11.9. The molecule has 1 aromatic heterocycles. The van der Waals surface area contributed by atoms with Crippen LogP contribution in [0.2, 0.25) is 0 Å². The molecule has 1 fully saturated rings. The van der Waals surface area contributed by atoms with Crippen molar-refractivity contribution in [2.75, 3.05) is 6.54 Å². The largest absolute Gasteiger partial charge is 0.478 e. The number of rotatable bonds is 4. The van der Waals surface area contributed by atoms with Gasteiger partial charge in [-0.15, -0.1) is 0 Å². The molecule has 0 saturated carbocycles. The number of likely N-dealkylation sites (tertiary alicyclic amines) is 1. The number of hydrogen-bond donors (Lipinski definition) is 1. The van der Waals surface area contributed by atoms with Crippen LogP contribution >= 0.6 is 0 Å². The van der Waals surface area contributed by atoms with Gasteiger partial charge in [-0.3, -0.25) is 4.79 Å². The van der Waals surface area contributed by atoms with E-state index in [2.05, 4.69) is 0 Å². The van der Waals surface area contributed by atoms with E-state index < -0.39 is 5.97 Å². The van der Waals surface area contributed by atoms with Crippen molar-refractivity contribution in [1.82, 2.24) is 4.90 Å². The van der Waals surface area contributed by atoms with Crippen LogP contribution in [0.25, 0.3) is 0 Å². The van der Waals surface area contributed by atoms with Gasteiger partial charge in [-0.05, 0) is 31.0 Å². The van der Waals surface area contributed by atoms with E-state index in [1.807, 2.05) is 6.92 Å². The minimum Gasteiger partial charge on any atom is -0.478 e. The molecule has 6 heteroatoms. The van der Waals surface area contributed by atoms with E-state index in [0.29, 0.717) is 18.7 Å². The summed E-state index contributed by atoms with van der Waals surface area (Å²) in [5.41, 5.74) is 1.02.